The van der Waals surface area contributed by atoms with Gasteiger partial charge in [0.1, 0.15) is 0 Å². The molecule has 1 aliphatic rings. The van der Waals surface area contributed by atoms with Crippen LogP contribution in [0.1, 0.15) is 19.3 Å². The van der Waals surface area contributed by atoms with E-state index in [1.54, 1.807) is 0 Å². The van der Waals surface area contributed by atoms with E-state index in [1.165, 1.54) is 0 Å². The molecule has 1 rings (SSSR count). The molecular formula is C9H20N2O3S. The van der Waals surface area contributed by atoms with Crippen molar-refractivity contribution in [3.05, 3.63) is 0 Å². The molecule has 0 radical (unpaired) electrons. The number of ether oxygens (including phenoxy) is 1. The topological polar surface area (TPSA) is 81.4 Å². The van der Waals surface area contributed by atoms with Gasteiger partial charge in [-0.25, -0.2) is 13.6 Å². The van der Waals surface area contributed by atoms with Crippen molar-refractivity contribution in [2.45, 2.75) is 19.3 Å². The summed E-state index contributed by atoms with van der Waals surface area (Å²) in [5, 5.41) is 8.14. The number of sulfonamides is 1. The van der Waals surface area contributed by atoms with Gasteiger partial charge in [-0.05, 0) is 38.3 Å². The molecular weight excluding hydrogens is 216 g/mol. The van der Waals surface area contributed by atoms with Gasteiger partial charge in [-0.3, -0.25) is 0 Å². The molecule has 15 heavy (non-hydrogen) atoms. The minimum absolute atomic E-state index is 0.0633. The summed E-state index contributed by atoms with van der Waals surface area (Å²) < 4.78 is 26.5. The molecule has 90 valence electrons. The molecule has 3 N–H and O–H groups in total. The fourth-order valence-corrected chi connectivity index (χ4v) is 2.20. The summed E-state index contributed by atoms with van der Waals surface area (Å²) in [6.45, 7) is 3.37. The van der Waals surface area contributed by atoms with E-state index in [0.717, 1.165) is 32.6 Å². The van der Waals surface area contributed by atoms with Crippen LogP contribution in [0.2, 0.25) is 0 Å². The van der Waals surface area contributed by atoms with Gasteiger partial charge in [0.15, 0.2) is 0 Å². The van der Waals surface area contributed by atoms with Crippen molar-refractivity contribution in [3.8, 4) is 0 Å². The van der Waals surface area contributed by atoms with Crippen LogP contribution in [-0.4, -0.2) is 40.5 Å². The van der Waals surface area contributed by atoms with Gasteiger partial charge in [0, 0.05) is 13.2 Å². The molecule has 0 spiro atoms. The van der Waals surface area contributed by atoms with Gasteiger partial charge in [0.25, 0.3) is 0 Å². The predicted octanol–water partition coefficient (Wildman–Crippen LogP) is -0.319. The van der Waals surface area contributed by atoms with Gasteiger partial charge in [0.05, 0.1) is 5.75 Å². The van der Waals surface area contributed by atoms with Crippen molar-refractivity contribution in [1.82, 2.24) is 5.32 Å². The molecule has 1 aliphatic heterocycles. The van der Waals surface area contributed by atoms with Crippen molar-refractivity contribution in [3.63, 3.8) is 0 Å². The average Bonchev–Trinajstić information content (AvgIpc) is 2.17. The average molecular weight is 236 g/mol. The summed E-state index contributed by atoms with van der Waals surface area (Å²) >= 11 is 0. The van der Waals surface area contributed by atoms with Crippen LogP contribution in [0.15, 0.2) is 0 Å². The van der Waals surface area contributed by atoms with E-state index in [2.05, 4.69) is 5.32 Å². The fraction of sp³-hybridized carbons (Fsp3) is 1.00. The largest absolute Gasteiger partial charge is 0.381 e. The van der Waals surface area contributed by atoms with Crippen molar-refractivity contribution < 1.29 is 13.2 Å². The molecule has 6 heteroatoms. The second kappa shape index (κ2) is 6.42. The first-order chi connectivity index (χ1) is 7.08. The Hall–Kier alpha value is -0.170. The first-order valence-electron chi connectivity index (χ1n) is 5.37. The third-order valence-corrected chi connectivity index (χ3v) is 3.41. The molecule has 0 aromatic rings. The summed E-state index contributed by atoms with van der Waals surface area (Å²) in [6.07, 6.45) is 2.78. The molecule has 0 unspecified atom stereocenters. The highest BCUT2D eigenvalue weighted by Crippen LogP contribution is 2.12. The predicted molar refractivity (Wildman–Crippen MR) is 59.0 cm³/mol. The lowest BCUT2D eigenvalue weighted by Crippen LogP contribution is -2.29. The minimum Gasteiger partial charge on any atom is -0.381 e. The maximum Gasteiger partial charge on any atom is 0.209 e. The van der Waals surface area contributed by atoms with Crippen LogP contribution in [0.5, 0.6) is 0 Å². The van der Waals surface area contributed by atoms with Crippen molar-refractivity contribution in [2.24, 2.45) is 11.1 Å². The van der Waals surface area contributed by atoms with E-state index < -0.39 is 10.0 Å². The van der Waals surface area contributed by atoms with E-state index in [4.69, 9.17) is 9.88 Å². The third-order valence-electron chi connectivity index (χ3n) is 2.56. The minimum atomic E-state index is -3.29. The van der Waals surface area contributed by atoms with E-state index >= 15 is 0 Å². The monoisotopic (exact) mass is 236 g/mol. The van der Waals surface area contributed by atoms with Gasteiger partial charge in [-0.15, -0.1) is 0 Å². The molecule has 0 saturated carbocycles. The molecule has 1 fully saturated rings. The lowest BCUT2D eigenvalue weighted by atomic mass is 10.0. The molecule has 1 saturated heterocycles. The molecule has 0 atom stereocenters. The van der Waals surface area contributed by atoms with E-state index in [-0.39, 0.29) is 5.75 Å². The van der Waals surface area contributed by atoms with Crippen LogP contribution in [-0.2, 0) is 14.8 Å². The highest BCUT2D eigenvalue weighted by Gasteiger charge is 2.12. The number of hydrogen-bond donors (Lipinski definition) is 2. The second-order valence-electron chi connectivity index (χ2n) is 3.98. The standard InChI is InChI=1S/C9H20N2O3S/c10-15(12,13)7-1-4-11-8-9-2-5-14-6-3-9/h9,11H,1-8H2,(H2,10,12,13). The Bertz CT molecular complexity index is 261. The van der Waals surface area contributed by atoms with Crippen LogP contribution in [0.4, 0.5) is 0 Å². The lowest BCUT2D eigenvalue weighted by molar-refractivity contribution is 0.0664. The van der Waals surface area contributed by atoms with Gasteiger partial charge in [-0.2, -0.15) is 0 Å². The number of hydrogen-bond acceptors (Lipinski definition) is 4. The van der Waals surface area contributed by atoms with Crippen LogP contribution < -0.4 is 10.5 Å². The Kier molecular flexibility index (Phi) is 5.52. The molecule has 0 aromatic heterocycles. The van der Waals surface area contributed by atoms with Crippen molar-refractivity contribution in [1.29, 1.82) is 0 Å². The molecule has 1 heterocycles. The molecule has 0 bridgehead atoms. The van der Waals surface area contributed by atoms with E-state index in [1.807, 2.05) is 0 Å². The normalized spacial score (nSPS) is 19.3. The van der Waals surface area contributed by atoms with Gasteiger partial charge in [-0.1, -0.05) is 0 Å². The van der Waals surface area contributed by atoms with Gasteiger partial charge in [0.2, 0.25) is 10.0 Å². The second-order valence-corrected chi connectivity index (χ2v) is 5.71. The molecule has 0 aliphatic carbocycles. The first-order valence-corrected chi connectivity index (χ1v) is 7.08. The zero-order chi connectivity index (χ0) is 11.1. The quantitative estimate of drug-likeness (QED) is 0.619. The first kappa shape index (κ1) is 12.9. The van der Waals surface area contributed by atoms with Crippen LogP contribution >= 0.6 is 0 Å². The number of primary sulfonamides is 1. The third kappa shape index (κ3) is 6.83. The van der Waals surface area contributed by atoms with E-state index in [9.17, 15) is 8.42 Å². The maximum absolute atomic E-state index is 10.6. The summed E-state index contributed by atoms with van der Waals surface area (Å²) in [6, 6.07) is 0. The van der Waals surface area contributed by atoms with Crippen LogP contribution in [0, 0.1) is 5.92 Å². The Balaban J connectivity index is 1.96. The highest BCUT2D eigenvalue weighted by atomic mass is 32.2. The fourth-order valence-electron chi connectivity index (χ4n) is 1.66. The smallest absolute Gasteiger partial charge is 0.209 e. The summed E-state index contributed by atoms with van der Waals surface area (Å²) in [4.78, 5) is 0. The molecule has 0 aromatic carbocycles. The number of nitrogens with one attached hydrogen (secondary N) is 1. The number of nitrogens with two attached hydrogens (primary N) is 1. The Labute approximate surface area is 91.4 Å². The summed E-state index contributed by atoms with van der Waals surface area (Å²) in [7, 11) is -3.29. The van der Waals surface area contributed by atoms with E-state index in [0.29, 0.717) is 18.9 Å². The van der Waals surface area contributed by atoms with Gasteiger partial charge >= 0.3 is 0 Å². The molecule has 5 nitrogen and oxygen atoms in total. The zero-order valence-corrected chi connectivity index (χ0v) is 9.76. The maximum atomic E-state index is 10.6. The Morgan fingerprint density at radius 1 is 1.33 bits per heavy atom. The highest BCUT2D eigenvalue weighted by molar-refractivity contribution is 7.89. The molecule has 0 amide bonds. The Morgan fingerprint density at radius 3 is 2.60 bits per heavy atom. The van der Waals surface area contributed by atoms with Crippen molar-refractivity contribution in [2.75, 3.05) is 32.1 Å². The Morgan fingerprint density at radius 2 is 2.00 bits per heavy atom. The summed E-state index contributed by atoms with van der Waals surface area (Å²) in [5.41, 5.74) is 0. The zero-order valence-electron chi connectivity index (χ0n) is 8.94. The van der Waals surface area contributed by atoms with Crippen LogP contribution in [0.3, 0.4) is 0 Å². The SMILES string of the molecule is NS(=O)(=O)CCCNCC1CCOCC1. The van der Waals surface area contributed by atoms with Crippen molar-refractivity contribution >= 4 is 10.0 Å². The summed E-state index contributed by atoms with van der Waals surface area (Å²) in [5.74, 6) is 0.738. The van der Waals surface area contributed by atoms with Crippen LogP contribution in [0.25, 0.3) is 0 Å². The number of rotatable bonds is 6. The van der Waals surface area contributed by atoms with Gasteiger partial charge < -0.3 is 10.1 Å². The lowest BCUT2D eigenvalue weighted by Gasteiger charge is -2.22.